The zero-order valence-corrected chi connectivity index (χ0v) is 10.8. The van der Waals surface area contributed by atoms with Crippen molar-refractivity contribution < 1.29 is 34.8 Å². The Balaban J connectivity index is -0.000000201. The Hall–Kier alpha value is 0.280. The first-order valence-corrected chi connectivity index (χ1v) is 6.14. The lowest BCUT2D eigenvalue weighted by Crippen LogP contribution is -2.37. The number of hydrogen-bond donors (Lipinski definition) is 6. The predicted molar refractivity (Wildman–Crippen MR) is 60.6 cm³/mol. The van der Waals surface area contributed by atoms with Crippen LogP contribution in [0.2, 0.25) is 0 Å². The fraction of sp³-hybridized carbons (Fsp3) is 1.00. The van der Waals surface area contributed by atoms with E-state index in [1.54, 1.807) is 0 Å². The summed E-state index contributed by atoms with van der Waals surface area (Å²) in [7, 11) is -3.13. The molecule has 0 aromatic carbocycles. The summed E-state index contributed by atoms with van der Waals surface area (Å²) in [6.45, 7) is 0.265. The Morgan fingerprint density at radius 2 is 1.12 bits per heavy atom. The van der Waals surface area contributed by atoms with E-state index in [9.17, 15) is 0 Å². The van der Waals surface area contributed by atoms with E-state index in [-0.39, 0.29) is 0 Å². The molecule has 0 amide bonds. The van der Waals surface area contributed by atoms with Crippen molar-refractivity contribution in [2.24, 2.45) is 5.41 Å². The summed E-state index contributed by atoms with van der Waals surface area (Å²) in [5, 5.41) is 34.0. The number of aliphatic hydroxyl groups excluding tert-OH is 4. The third-order valence-electron chi connectivity index (χ3n) is 1.34. The molecule has 0 aromatic rings. The van der Waals surface area contributed by atoms with Crippen LogP contribution >= 0.6 is 19.9 Å². The molecule has 0 aliphatic rings. The molecule has 0 radical (unpaired) electrons. The van der Waals surface area contributed by atoms with Gasteiger partial charge in [-0.05, 0) is 0 Å². The lowest BCUT2D eigenvalue weighted by Gasteiger charge is -2.23. The summed E-state index contributed by atoms with van der Waals surface area (Å²) in [5.74, 6) is 0.722. The molecule has 0 aliphatic carbocycles. The van der Waals surface area contributed by atoms with Gasteiger partial charge in [0.25, 0.3) is 0 Å². The molecule has 0 saturated heterocycles. The van der Waals surface area contributed by atoms with Crippen molar-refractivity contribution in [3.63, 3.8) is 0 Å². The van der Waals surface area contributed by atoms with E-state index in [0.29, 0.717) is 0 Å². The maximum Gasteiger partial charge on any atom is 0.314 e. The second-order valence-electron chi connectivity index (χ2n) is 2.68. The van der Waals surface area contributed by atoms with Gasteiger partial charge in [0.15, 0.2) is 0 Å². The lowest BCUT2D eigenvalue weighted by atomic mass is 9.93. The number of alkyl halides is 1. The van der Waals surface area contributed by atoms with E-state index in [1.807, 2.05) is 6.92 Å². The van der Waals surface area contributed by atoms with E-state index in [0.717, 1.165) is 5.88 Å². The zero-order valence-electron chi connectivity index (χ0n) is 9.01. The summed E-state index contributed by atoms with van der Waals surface area (Å²) in [6.07, 6.45) is 0. The number of hydrogen-bond acceptors (Lipinski definition) is 5. The van der Waals surface area contributed by atoms with E-state index >= 15 is 0 Å². The van der Waals surface area contributed by atoms with Gasteiger partial charge in [0.1, 0.15) is 0 Å². The van der Waals surface area contributed by atoms with Crippen LogP contribution in [0.4, 0.5) is 0 Å². The quantitative estimate of drug-likeness (QED) is 0.274. The van der Waals surface area contributed by atoms with Crippen molar-refractivity contribution in [2.45, 2.75) is 6.92 Å². The van der Waals surface area contributed by atoms with Crippen molar-refractivity contribution in [3.05, 3.63) is 0 Å². The summed E-state index contributed by atoms with van der Waals surface area (Å²) < 4.78 is 8.74. The van der Waals surface area contributed by atoms with Gasteiger partial charge in [-0.3, -0.25) is 4.57 Å². The van der Waals surface area contributed by atoms with Gasteiger partial charge in [0.2, 0.25) is 0 Å². The predicted octanol–water partition coefficient (Wildman–Crippen LogP) is -1.45. The molecule has 16 heavy (non-hydrogen) atoms. The average molecular weight is 283 g/mol. The molecule has 0 unspecified atom stereocenters. The molecule has 0 saturated carbocycles. The van der Waals surface area contributed by atoms with Crippen molar-refractivity contribution in [3.8, 4) is 0 Å². The molecule has 9 heteroatoms. The summed E-state index contributed by atoms with van der Waals surface area (Å²) in [4.78, 5) is 14.3. The first-order valence-electron chi connectivity index (χ1n) is 4.30. The molecule has 0 aromatic heterocycles. The molecule has 0 atom stereocenters. The van der Waals surface area contributed by atoms with Gasteiger partial charge >= 0.3 is 8.25 Å². The zero-order chi connectivity index (χ0) is 13.6. The molecule has 0 spiro atoms. The largest absolute Gasteiger partial charge is 0.396 e. The molecule has 0 rings (SSSR count). The maximum atomic E-state index is 8.74. The van der Waals surface area contributed by atoms with Gasteiger partial charge in [0, 0.05) is 5.88 Å². The van der Waals surface area contributed by atoms with Crippen molar-refractivity contribution in [1.29, 1.82) is 0 Å². The van der Waals surface area contributed by atoms with Gasteiger partial charge < -0.3 is 30.2 Å². The molecule has 0 fully saturated rings. The minimum Gasteiger partial charge on any atom is -0.396 e. The van der Waals surface area contributed by atoms with E-state index in [4.69, 9.17) is 46.4 Å². The molecule has 102 valence electrons. The summed E-state index contributed by atoms with van der Waals surface area (Å²) in [5.41, 5.74) is -1.11. The second kappa shape index (κ2) is 15.3. The van der Waals surface area contributed by atoms with E-state index in [1.165, 1.54) is 0 Å². The molecular formula is C7H20ClO7P. The van der Waals surface area contributed by atoms with Crippen LogP contribution in [-0.2, 0) is 4.57 Å². The SMILES string of the molecule is CCCl.O=[PH](O)O.OCC(CO)(CO)CO. The normalized spacial score (nSPS) is 10.1. The molecular weight excluding hydrogens is 262 g/mol. The molecule has 6 N–H and O–H groups in total. The van der Waals surface area contributed by atoms with E-state index in [2.05, 4.69) is 0 Å². The fourth-order valence-electron chi connectivity index (χ4n) is 0.300. The molecule has 7 nitrogen and oxygen atoms in total. The summed E-state index contributed by atoms with van der Waals surface area (Å²) in [6, 6.07) is 0. The van der Waals surface area contributed by atoms with Crippen molar-refractivity contribution >= 4 is 19.9 Å². The summed E-state index contributed by atoms with van der Waals surface area (Å²) >= 11 is 5.00. The standard InChI is InChI=1S/C5H12O4.C2H5Cl.H3O3P/c6-1-5(2-7,3-8)4-9;1-2-3;1-4(2)3/h6-9H,1-4H2;2H2,1H3;4H,(H2,1,2,3). The minimum atomic E-state index is -3.13. The first-order chi connectivity index (χ1) is 7.39. The highest BCUT2D eigenvalue weighted by Gasteiger charge is 2.26. The van der Waals surface area contributed by atoms with Crippen LogP contribution < -0.4 is 0 Å². The Bertz CT molecular complexity index is 132. The lowest BCUT2D eigenvalue weighted by molar-refractivity contribution is -0.0328. The van der Waals surface area contributed by atoms with Crippen LogP contribution in [0.25, 0.3) is 0 Å². The average Bonchev–Trinajstić information content (AvgIpc) is 2.22. The number of rotatable bonds is 4. The van der Waals surface area contributed by atoms with Gasteiger partial charge in [-0.1, -0.05) is 6.92 Å². The highest BCUT2D eigenvalue weighted by Crippen LogP contribution is 2.11. The van der Waals surface area contributed by atoms with Gasteiger partial charge in [-0.25, -0.2) is 0 Å². The smallest absolute Gasteiger partial charge is 0.314 e. The second-order valence-corrected chi connectivity index (χ2v) is 3.78. The van der Waals surface area contributed by atoms with Crippen molar-refractivity contribution in [1.82, 2.24) is 0 Å². The Labute approximate surface area is 99.9 Å². The number of halogens is 1. The van der Waals surface area contributed by atoms with Crippen LogP contribution in [-0.4, -0.2) is 62.5 Å². The van der Waals surface area contributed by atoms with E-state index < -0.39 is 40.1 Å². The minimum absolute atomic E-state index is 0.406. The van der Waals surface area contributed by atoms with Gasteiger partial charge in [-0.2, -0.15) is 0 Å². The van der Waals surface area contributed by atoms with Crippen LogP contribution in [0.1, 0.15) is 6.92 Å². The monoisotopic (exact) mass is 282 g/mol. The highest BCUT2D eigenvalue weighted by molar-refractivity contribution is 7.30. The van der Waals surface area contributed by atoms with Gasteiger partial charge in [-0.15, -0.1) is 11.6 Å². The maximum absolute atomic E-state index is 8.74. The van der Waals surface area contributed by atoms with Crippen LogP contribution in [0, 0.1) is 5.41 Å². The third-order valence-corrected chi connectivity index (χ3v) is 1.34. The van der Waals surface area contributed by atoms with Crippen LogP contribution in [0.15, 0.2) is 0 Å². The first kappa shape index (κ1) is 21.6. The third kappa shape index (κ3) is 16.7. The molecule has 0 bridgehead atoms. The molecule has 0 aliphatic heterocycles. The van der Waals surface area contributed by atoms with Crippen LogP contribution in [0.3, 0.4) is 0 Å². The number of aliphatic hydroxyl groups is 4. The molecule has 0 heterocycles. The Kier molecular flexibility index (Phi) is 20.6. The Morgan fingerprint density at radius 3 is 1.12 bits per heavy atom. The van der Waals surface area contributed by atoms with Crippen LogP contribution in [0.5, 0.6) is 0 Å². The fourth-order valence-corrected chi connectivity index (χ4v) is 0.300. The van der Waals surface area contributed by atoms with Gasteiger partial charge in [0.05, 0.1) is 31.8 Å². The topological polar surface area (TPSA) is 138 Å². The highest BCUT2D eigenvalue weighted by atomic mass is 35.5. The Morgan fingerprint density at radius 1 is 1.00 bits per heavy atom. The van der Waals surface area contributed by atoms with Crippen molar-refractivity contribution in [2.75, 3.05) is 32.3 Å².